The lowest BCUT2D eigenvalue weighted by Gasteiger charge is -2.30. The van der Waals surface area contributed by atoms with Crippen molar-refractivity contribution in [3.05, 3.63) is 42.6 Å². The summed E-state index contributed by atoms with van der Waals surface area (Å²) in [6.45, 7) is 3.38. The number of esters is 1. The van der Waals surface area contributed by atoms with Gasteiger partial charge in [-0.3, -0.25) is 9.78 Å². The van der Waals surface area contributed by atoms with E-state index in [1.165, 1.54) is 0 Å². The molecule has 1 fully saturated rings. The number of piperidine rings is 1. The average molecular weight is 419 g/mol. The van der Waals surface area contributed by atoms with Crippen molar-refractivity contribution < 1.29 is 14.3 Å². The second-order valence-electron chi connectivity index (χ2n) is 7.99. The minimum absolute atomic E-state index is 0.166. The van der Waals surface area contributed by atoms with Crippen molar-refractivity contribution in [2.24, 2.45) is 0 Å². The van der Waals surface area contributed by atoms with Gasteiger partial charge in [-0.15, -0.1) is 0 Å². The molecule has 2 atom stereocenters. The zero-order chi connectivity index (χ0) is 21.2. The predicted octanol–water partition coefficient (Wildman–Crippen LogP) is 2.86. The lowest BCUT2D eigenvalue weighted by atomic mass is 9.99. The van der Waals surface area contributed by atoms with Gasteiger partial charge in [0.25, 0.3) is 0 Å². The van der Waals surface area contributed by atoms with Gasteiger partial charge in [0.05, 0.1) is 30.6 Å². The first-order chi connectivity index (χ1) is 15.2. The standard InChI is InChI=1S/C23H25N5O3/c1-14-25-11-15(12-26-14)18-3-4-20-19-9-17(13-27-20)28-16-5-6-24-21(10-16)23(29)31-8-2-7-30-22(18)19/h3-4,9,11-13,16,21,24,28H,2,5-8,10H2,1H3/t16-,21-/m0/s1. The van der Waals surface area contributed by atoms with Gasteiger partial charge in [-0.25, -0.2) is 9.97 Å². The lowest BCUT2D eigenvalue weighted by Crippen LogP contribution is -2.48. The van der Waals surface area contributed by atoms with Crippen LogP contribution in [-0.2, 0) is 9.53 Å². The van der Waals surface area contributed by atoms with Crippen LogP contribution < -0.4 is 15.4 Å². The van der Waals surface area contributed by atoms with E-state index in [9.17, 15) is 4.79 Å². The Balaban J connectivity index is 1.58. The minimum atomic E-state index is -0.285. The van der Waals surface area contributed by atoms with Gasteiger partial charge in [-0.2, -0.15) is 0 Å². The zero-order valence-electron chi connectivity index (χ0n) is 17.4. The Morgan fingerprint density at radius 2 is 1.90 bits per heavy atom. The highest BCUT2D eigenvalue weighted by molar-refractivity contribution is 5.94. The molecule has 4 heterocycles. The molecular weight excluding hydrogens is 394 g/mol. The molecule has 5 rings (SSSR count). The highest BCUT2D eigenvalue weighted by Crippen LogP contribution is 2.37. The summed E-state index contributed by atoms with van der Waals surface area (Å²) in [5.41, 5.74) is 3.57. The number of pyridine rings is 1. The number of cyclic esters (lactones) is 1. The Bertz CT molecular complexity index is 1100. The number of hydrogen-bond donors (Lipinski definition) is 2. The molecule has 0 amide bonds. The van der Waals surface area contributed by atoms with Crippen molar-refractivity contribution >= 4 is 22.6 Å². The number of carbonyl (C=O) groups excluding carboxylic acids is 1. The molecule has 2 aliphatic rings. The maximum Gasteiger partial charge on any atom is 0.323 e. The summed E-state index contributed by atoms with van der Waals surface area (Å²) in [6.07, 6.45) is 7.66. The fourth-order valence-corrected chi connectivity index (χ4v) is 4.14. The number of nitrogens with one attached hydrogen (secondary N) is 2. The van der Waals surface area contributed by atoms with Crippen LogP contribution in [0.15, 0.2) is 36.8 Å². The number of anilines is 1. The quantitative estimate of drug-likeness (QED) is 0.581. The highest BCUT2D eigenvalue weighted by Gasteiger charge is 2.28. The van der Waals surface area contributed by atoms with Crippen LogP contribution in [0, 0.1) is 6.92 Å². The topological polar surface area (TPSA) is 98.3 Å². The van der Waals surface area contributed by atoms with Gasteiger partial charge in [0, 0.05) is 41.4 Å². The summed E-state index contributed by atoms with van der Waals surface area (Å²) < 4.78 is 11.7. The van der Waals surface area contributed by atoms with Gasteiger partial charge in [0.2, 0.25) is 0 Å². The normalized spacial score (nSPS) is 21.6. The molecule has 0 aliphatic carbocycles. The van der Waals surface area contributed by atoms with Crippen LogP contribution in [0.1, 0.15) is 25.1 Å². The number of ether oxygens (including phenoxy) is 2. The first-order valence-corrected chi connectivity index (χ1v) is 10.7. The van der Waals surface area contributed by atoms with Gasteiger partial charge in [0.1, 0.15) is 17.6 Å². The zero-order valence-corrected chi connectivity index (χ0v) is 17.4. The van der Waals surface area contributed by atoms with Crippen LogP contribution >= 0.6 is 0 Å². The van der Waals surface area contributed by atoms with Crippen molar-refractivity contribution in [3.8, 4) is 16.9 Å². The van der Waals surface area contributed by atoms with E-state index in [0.29, 0.717) is 26.1 Å². The third-order valence-electron chi connectivity index (χ3n) is 5.75. The molecule has 0 unspecified atom stereocenters. The van der Waals surface area contributed by atoms with Gasteiger partial charge >= 0.3 is 5.97 Å². The Morgan fingerprint density at radius 3 is 2.77 bits per heavy atom. The summed E-state index contributed by atoms with van der Waals surface area (Å²) >= 11 is 0. The number of nitrogens with zero attached hydrogens (tertiary/aromatic N) is 3. The third-order valence-corrected chi connectivity index (χ3v) is 5.75. The minimum Gasteiger partial charge on any atom is -0.492 e. The van der Waals surface area contributed by atoms with E-state index >= 15 is 0 Å². The van der Waals surface area contributed by atoms with Gasteiger partial charge in [-0.1, -0.05) is 0 Å². The molecule has 31 heavy (non-hydrogen) atoms. The SMILES string of the molecule is Cc1ncc(-c2ccc3ncc4cc3c2OCCCOC(=O)[C@@H]2C[C@H](CCN2)N4)cn1. The highest BCUT2D eigenvalue weighted by atomic mass is 16.5. The largest absolute Gasteiger partial charge is 0.492 e. The first-order valence-electron chi connectivity index (χ1n) is 10.7. The van der Waals surface area contributed by atoms with Crippen molar-refractivity contribution in [3.63, 3.8) is 0 Å². The van der Waals surface area contributed by atoms with E-state index < -0.39 is 0 Å². The molecule has 1 aromatic carbocycles. The number of benzene rings is 1. The third kappa shape index (κ3) is 4.16. The Labute approximate surface area is 180 Å². The molecule has 0 radical (unpaired) electrons. The van der Waals surface area contributed by atoms with E-state index in [4.69, 9.17) is 9.47 Å². The molecular formula is C23H25N5O3. The van der Waals surface area contributed by atoms with E-state index in [1.54, 1.807) is 12.4 Å². The van der Waals surface area contributed by atoms with Crippen LogP contribution in [0.25, 0.3) is 22.0 Å². The fourth-order valence-electron chi connectivity index (χ4n) is 4.14. The molecule has 8 nitrogen and oxygen atoms in total. The number of fused-ring (bicyclic) bond motifs is 3. The van der Waals surface area contributed by atoms with Crippen LogP contribution in [0.5, 0.6) is 5.75 Å². The Morgan fingerprint density at radius 1 is 1.06 bits per heavy atom. The van der Waals surface area contributed by atoms with E-state index in [1.807, 2.05) is 25.3 Å². The average Bonchev–Trinajstić information content (AvgIpc) is 2.79. The molecule has 2 aliphatic heterocycles. The van der Waals surface area contributed by atoms with Gasteiger partial charge < -0.3 is 20.1 Å². The summed E-state index contributed by atoms with van der Waals surface area (Å²) in [5, 5.41) is 7.74. The summed E-state index contributed by atoms with van der Waals surface area (Å²) in [4.78, 5) is 25.7. The van der Waals surface area contributed by atoms with E-state index in [-0.39, 0.29) is 18.1 Å². The number of aryl methyl sites for hydroxylation is 1. The molecule has 2 N–H and O–H groups in total. The molecule has 8 heteroatoms. The first kappa shape index (κ1) is 19.7. The van der Waals surface area contributed by atoms with Crippen LogP contribution in [-0.4, -0.2) is 52.8 Å². The maximum atomic E-state index is 12.4. The molecule has 4 bridgehead atoms. The summed E-state index contributed by atoms with van der Waals surface area (Å²) in [5.74, 6) is 1.26. The maximum absolute atomic E-state index is 12.4. The number of aromatic nitrogens is 3. The van der Waals surface area contributed by atoms with Gasteiger partial charge in [-0.05, 0) is 44.5 Å². The Hall–Kier alpha value is -3.26. The molecule has 3 aromatic rings. The summed E-state index contributed by atoms with van der Waals surface area (Å²) in [6, 6.07) is 5.95. The molecule has 0 spiro atoms. The van der Waals surface area contributed by atoms with Crippen molar-refractivity contribution in [1.29, 1.82) is 0 Å². The second-order valence-corrected chi connectivity index (χ2v) is 7.99. The smallest absolute Gasteiger partial charge is 0.323 e. The van der Waals surface area contributed by atoms with Crippen LogP contribution in [0.3, 0.4) is 0 Å². The van der Waals surface area contributed by atoms with Crippen molar-refractivity contribution in [2.45, 2.75) is 38.3 Å². The molecule has 0 saturated carbocycles. The predicted molar refractivity (Wildman–Crippen MR) is 117 cm³/mol. The molecule has 1 saturated heterocycles. The van der Waals surface area contributed by atoms with Gasteiger partial charge in [0.15, 0.2) is 0 Å². The number of rotatable bonds is 1. The number of carbonyl (C=O) groups is 1. The molecule has 2 aromatic heterocycles. The van der Waals surface area contributed by atoms with Crippen LogP contribution in [0.2, 0.25) is 0 Å². The Kier molecular flexibility index (Phi) is 5.38. The monoisotopic (exact) mass is 419 g/mol. The second kappa shape index (κ2) is 8.47. The van der Waals surface area contributed by atoms with E-state index in [0.717, 1.165) is 52.3 Å². The lowest BCUT2D eigenvalue weighted by molar-refractivity contribution is -0.147. The van der Waals surface area contributed by atoms with Crippen molar-refractivity contribution in [2.75, 3.05) is 25.1 Å². The summed E-state index contributed by atoms with van der Waals surface area (Å²) in [7, 11) is 0. The van der Waals surface area contributed by atoms with E-state index in [2.05, 4.69) is 31.7 Å². The number of hydrogen-bond acceptors (Lipinski definition) is 8. The fraction of sp³-hybridized carbons (Fsp3) is 0.391. The van der Waals surface area contributed by atoms with Crippen molar-refractivity contribution in [1.82, 2.24) is 20.3 Å². The van der Waals surface area contributed by atoms with Crippen LogP contribution in [0.4, 0.5) is 5.69 Å². The molecule has 160 valence electrons.